The van der Waals surface area contributed by atoms with Crippen molar-refractivity contribution in [2.75, 3.05) is 79.0 Å². The molecule has 606 valence electrons. The van der Waals surface area contributed by atoms with Crippen LogP contribution in [-0.2, 0) is 89.3 Å². The van der Waals surface area contributed by atoms with Gasteiger partial charge >= 0.3 is 5.97 Å². The normalized spacial score (nSPS) is 19.6. The number of nitrogens with one attached hydrogen (secondary N) is 9. The number of primary amides is 1. The van der Waals surface area contributed by atoms with Crippen LogP contribution in [0.5, 0.6) is 0 Å². The highest BCUT2D eigenvalue weighted by Crippen LogP contribution is 2.24. The first-order valence-corrected chi connectivity index (χ1v) is 38.9. The largest absolute Gasteiger partial charge is 0.481 e. The monoisotopic (exact) mass is 1530 g/mol. The summed E-state index contributed by atoms with van der Waals surface area (Å²) in [5, 5.41) is 42.7. The summed E-state index contributed by atoms with van der Waals surface area (Å²) in [6.45, 7) is 2.27. The number of aliphatic imine (C=N–C) groups is 1. The third-order valence-electron chi connectivity index (χ3n) is 18.9. The lowest BCUT2D eigenvalue weighted by Gasteiger charge is -2.31. The van der Waals surface area contributed by atoms with E-state index in [2.05, 4.69) is 52.5 Å². The standard InChI is InChI=1S/C77H120N14O18/c1-2-3-29-60(85-68(96)52-109-45-43-107-41-39-82-67(95)51-108-44-42-106-40-38-81-66(94)33-20-12-10-8-6-4-5-7-9-11-13-21-34-69(97)98)71(100)88-62-36-35-55(92)27-18-15-19-31-59(70(78)99)86-74(103)64(47-54-49-84-58-30-23-22-28-57(54)58)89-72(101)61(32-24-37-83-77(79)80)87-73(102)63(46-53-25-16-14-17-26-53)90-75(104)65-48-56(93)50-91(65)76(62)105/h14,16-17,22-23,25-26,28,30,49,56,59-65,84,93H,2-13,15,18-21,24,27,29,31-48,50-52H2,1H3,(H2,78,99)(H,81,94)(H,82,95)(H,85,96)(H,86,103)(H,87,102)(H,88,100)(H,89,101)(H,90,104)(H,97,98)(H4,79,80,83)/t56-,59+,60+,61+,62+,63-,64+,65+/m1/s1. The summed E-state index contributed by atoms with van der Waals surface area (Å²) in [7, 11) is 0. The number of benzene rings is 2. The number of carboxylic acid groups (broad SMARTS) is 1. The van der Waals surface area contributed by atoms with Gasteiger partial charge < -0.3 is 98.8 Å². The maximum Gasteiger partial charge on any atom is 0.303 e. The molecule has 3 aromatic rings. The van der Waals surface area contributed by atoms with Crippen molar-refractivity contribution in [1.82, 2.24) is 52.4 Å². The Labute approximate surface area is 638 Å². The third-order valence-corrected chi connectivity index (χ3v) is 18.9. The van der Waals surface area contributed by atoms with Gasteiger partial charge in [0.2, 0.25) is 59.1 Å². The van der Waals surface area contributed by atoms with Crippen molar-refractivity contribution in [2.24, 2.45) is 22.2 Å². The number of guanidine groups is 1. The summed E-state index contributed by atoms with van der Waals surface area (Å²) in [4.78, 5) is 172. The molecule has 5 rings (SSSR count). The highest BCUT2D eigenvalue weighted by Gasteiger charge is 2.43. The van der Waals surface area contributed by atoms with Crippen molar-refractivity contribution < 1.29 is 86.7 Å². The lowest BCUT2D eigenvalue weighted by molar-refractivity contribution is -0.143. The fourth-order valence-electron chi connectivity index (χ4n) is 12.9. The van der Waals surface area contributed by atoms with E-state index >= 15 is 4.79 Å². The Balaban J connectivity index is 1.13. The highest BCUT2D eigenvalue weighted by atomic mass is 16.5. The van der Waals surface area contributed by atoms with Crippen molar-refractivity contribution in [3.63, 3.8) is 0 Å². The third kappa shape index (κ3) is 37.2. The number of unbranched alkanes of at least 4 members (excludes halogenated alkanes) is 12. The number of fused-ring (bicyclic) bond motifs is 2. The molecule has 2 saturated heterocycles. The minimum absolute atomic E-state index is 0.0147. The van der Waals surface area contributed by atoms with E-state index in [1.807, 2.05) is 31.2 Å². The van der Waals surface area contributed by atoms with E-state index in [0.29, 0.717) is 62.8 Å². The number of aromatic nitrogens is 1. The quantitative estimate of drug-likeness (QED) is 0.0220. The first kappa shape index (κ1) is 90.5. The second-order valence-electron chi connectivity index (χ2n) is 27.9. The van der Waals surface area contributed by atoms with Gasteiger partial charge in [0.25, 0.3) is 0 Å². The molecule has 3 heterocycles. The van der Waals surface area contributed by atoms with E-state index in [-0.39, 0.29) is 153 Å². The van der Waals surface area contributed by atoms with Gasteiger partial charge in [0.15, 0.2) is 5.96 Å². The predicted molar refractivity (Wildman–Crippen MR) is 407 cm³/mol. The minimum Gasteiger partial charge on any atom is -0.481 e. The average molecular weight is 1530 g/mol. The molecule has 17 N–H and O–H groups in total. The first-order valence-electron chi connectivity index (χ1n) is 38.9. The number of H-pyrrole nitrogens is 1. The number of ketones is 1. The molecule has 1 aromatic heterocycles. The summed E-state index contributed by atoms with van der Waals surface area (Å²) in [6, 6.07) is 6.53. The number of nitrogens with zero attached hydrogens (tertiary/aromatic N) is 2. The maximum atomic E-state index is 15.0. The number of amides is 10. The van der Waals surface area contributed by atoms with Crippen molar-refractivity contribution in [3.8, 4) is 0 Å². The van der Waals surface area contributed by atoms with Gasteiger partial charge in [0.1, 0.15) is 61.3 Å². The Morgan fingerprint density at radius 2 is 1.18 bits per heavy atom. The van der Waals surface area contributed by atoms with Crippen LogP contribution < -0.4 is 59.7 Å². The van der Waals surface area contributed by atoms with E-state index in [4.69, 9.17) is 41.3 Å². The number of aliphatic hydroxyl groups excluding tert-OH is 1. The highest BCUT2D eigenvalue weighted by molar-refractivity contribution is 5.99. The van der Waals surface area contributed by atoms with Crippen molar-refractivity contribution in [3.05, 3.63) is 71.9 Å². The summed E-state index contributed by atoms with van der Waals surface area (Å²) >= 11 is 0. The van der Waals surface area contributed by atoms with Gasteiger partial charge in [-0.15, -0.1) is 0 Å². The van der Waals surface area contributed by atoms with Crippen molar-refractivity contribution >= 4 is 87.7 Å². The van der Waals surface area contributed by atoms with Gasteiger partial charge in [0, 0.05) is 88.2 Å². The van der Waals surface area contributed by atoms with Gasteiger partial charge in [-0.25, -0.2) is 0 Å². The fraction of sp³-hybridized carbons (Fsp3) is 0.649. The Kier molecular flexibility index (Phi) is 43.9. The van der Waals surface area contributed by atoms with Crippen molar-refractivity contribution in [2.45, 2.75) is 242 Å². The molecule has 0 aliphatic carbocycles. The SMILES string of the molecule is CCCC[C@H](NC(=O)COCCOCCNC(=O)COCCOCCNC(=O)CCCCCCCCCCCCCCC(=O)O)C(=O)N[C@H]1CCC(=O)CCCCC[C@@H](C(N)=O)NC(=O)[C@H](Cc2c[nH]c3ccccc23)NC(=O)[C@H](CCCN=C(N)N)NC(=O)[C@@H](Cc2ccccc2)NC(=O)[C@@H]2C[C@@H](O)CN2C1=O. The first-order chi connectivity index (χ1) is 52.6. The lowest BCUT2D eigenvalue weighted by Crippen LogP contribution is -2.60. The van der Waals surface area contributed by atoms with Crippen LogP contribution in [0.15, 0.2) is 65.8 Å². The number of carbonyl (C=O) groups excluding carboxylic acids is 11. The number of para-hydroxylation sites is 1. The molecule has 2 aliphatic heterocycles. The predicted octanol–water partition coefficient (Wildman–Crippen LogP) is 2.71. The molecule has 2 aliphatic rings. The summed E-state index contributed by atoms with van der Waals surface area (Å²) in [6.07, 6.45) is 15.6. The Morgan fingerprint density at radius 1 is 0.606 bits per heavy atom. The van der Waals surface area contributed by atoms with E-state index in [1.165, 1.54) is 25.7 Å². The molecule has 0 unspecified atom stereocenters. The molecular weight excluding hydrogens is 1410 g/mol. The fourth-order valence-corrected chi connectivity index (χ4v) is 12.9. The van der Waals surface area contributed by atoms with Gasteiger partial charge in [-0.3, -0.25) is 62.5 Å². The maximum absolute atomic E-state index is 15.0. The van der Waals surface area contributed by atoms with Crippen LogP contribution in [0.1, 0.15) is 191 Å². The molecular formula is C77H120N14O18. The van der Waals surface area contributed by atoms with E-state index in [9.17, 15) is 57.8 Å². The number of rotatable bonds is 46. The van der Waals surface area contributed by atoms with Crippen LogP contribution in [0.2, 0.25) is 0 Å². The number of hydrogen-bond donors (Lipinski definition) is 14. The number of aliphatic hydroxyl groups is 1. The second kappa shape index (κ2) is 52.9. The molecule has 10 amide bonds. The van der Waals surface area contributed by atoms with Crippen LogP contribution in [0.4, 0.5) is 0 Å². The Bertz CT molecular complexity index is 3340. The van der Waals surface area contributed by atoms with Crippen LogP contribution in [0, 0.1) is 0 Å². The molecule has 32 heteroatoms. The van der Waals surface area contributed by atoms with Crippen LogP contribution in [-0.4, -0.2) is 224 Å². The summed E-state index contributed by atoms with van der Waals surface area (Å²) < 4.78 is 22.0. The number of carboxylic acids is 1. The topological polar surface area (TPSA) is 488 Å². The summed E-state index contributed by atoms with van der Waals surface area (Å²) in [5.41, 5.74) is 19.1. The molecule has 2 aromatic carbocycles. The smallest absolute Gasteiger partial charge is 0.303 e. The van der Waals surface area contributed by atoms with Crippen LogP contribution in [0.25, 0.3) is 10.9 Å². The average Bonchev–Trinajstić information content (AvgIpc) is 1.68. The lowest BCUT2D eigenvalue weighted by atomic mass is 10.00. The second-order valence-corrected chi connectivity index (χ2v) is 27.9. The number of carbonyl (C=O) groups is 12. The Morgan fingerprint density at radius 3 is 1.83 bits per heavy atom. The zero-order chi connectivity index (χ0) is 79.0. The zero-order valence-electron chi connectivity index (χ0n) is 63.4. The molecule has 0 bridgehead atoms. The van der Waals surface area contributed by atoms with Crippen molar-refractivity contribution in [1.29, 1.82) is 0 Å². The number of aromatic amines is 1. The molecule has 0 spiro atoms. The number of Topliss-reactive ketones (excluding diaryl/α,β-unsaturated/α-hetero) is 1. The number of hydrogen-bond acceptors (Lipinski definition) is 18. The van der Waals surface area contributed by atoms with Crippen LogP contribution >= 0.6 is 0 Å². The Hall–Kier alpha value is -9.11. The van der Waals surface area contributed by atoms with E-state index < -0.39 is 108 Å². The molecule has 32 nitrogen and oxygen atoms in total. The summed E-state index contributed by atoms with van der Waals surface area (Å²) in [5.74, 6) is -7.97. The van der Waals surface area contributed by atoms with Gasteiger partial charge in [-0.05, 0) is 68.6 Å². The van der Waals surface area contributed by atoms with Gasteiger partial charge in [-0.2, -0.15) is 0 Å². The van der Waals surface area contributed by atoms with Gasteiger partial charge in [0.05, 0.1) is 45.7 Å². The van der Waals surface area contributed by atoms with Crippen LogP contribution in [0.3, 0.4) is 0 Å². The molecule has 0 radical (unpaired) electrons. The number of nitrogens with two attached hydrogens (primary N) is 3. The molecule has 2 fully saturated rings. The number of ether oxygens (including phenoxy) is 4. The molecule has 109 heavy (non-hydrogen) atoms. The number of aliphatic carboxylic acids is 1. The van der Waals surface area contributed by atoms with E-state index in [1.54, 1.807) is 36.5 Å². The van der Waals surface area contributed by atoms with Gasteiger partial charge in [-0.1, -0.05) is 145 Å². The molecule has 0 saturated carbocycles. The zero-order valence-corrected chi connectivity index (χ0v) is 63.4. The minimum atomic E-state index is -1.47. The molecule has 8 atom stereocenters. The van der Waals surface area contributed by atoms with E-state index in [0.717, 1.165) is 67.2 Å².